The molecule has 1 spiro atoms. The van der Waals surface area contributed by atoms with Gasteiger partial charge < -0.3 is 14.5 Å². The van der Waals surface area contributed by atoms with Crippen LogP contribution < -0.4 is 0 Å². The summed E-state index contributed by atoms with van der Waals surface area (Å²) in [5.41, 5.74) is 1.14. The van der Waals surface area contributed by atoms with Gasteiger partial charge in [-0.05, 0) is 51.2 Å². The van der Waals surface area contributed by atoms with Gasteiger partial charge in [-0.2, -0.15) is 0 Å². The van der Waals surface area contributed by atoms with Crippen molar-refractivity contribution in [2.24, 2.45) is 5.41 Å². The number of esters is 1. The first-order valence-corrected chi connectivity index (χ1v) is 9.47. The normalized spacial score (nSPS) is 21.8. The van der Waals surface area contributed by atoms with Gasteiger partial charge in [-0.15, -0.1) is 0 Å². The van der Waals surface area contributed by atoms with Gasteiger partial charge in [-0.25, -0.2) is 0 Å². The number of likely N-dealkylation sites (N-methyl/N-ethyl adjacent to an activating group) is 1. The zero-order valence-corrected chi connectivity index (χ0v) is 15.9. The minimum absolute atomic E-state index is 0.0202. The lowest BCUT2D eigenvalue weighted by atomic mass is 9.76. The maximum absolute atomic E-state index is 12.9. The number of fused-ring (bicyclic) bond motifs is 1. The van der Waals surface area contributed by atoms with Crippen LogP contribution in [0.4, 0.5) is 0 Å². The highest BCUT2D eigenvalue weighted by Gasteiger charge is 2.50. The number of hydrogen-bond acceptors (Lipinski definition) is 5. The van der Waals surface area contributed by atoms with E-state index in [0.29, 0.717) is 31.5 Å². The molecule has 2 aliphatic heterocycles. The number of hydrogen-bond donors (Lipinski definition) is 0. The van der Waals surface area contributed by atoms with Crippen LogP contribution in [0, 0.1) is 5.41 Å². The van der Waals surface area contributed by atoms with E-state index >= 15 is 0 Å². The highest BCUT2D eigenvalue weighted by molar-refractivity contribution is 5.98. The van der Waals surface area contributed by atoms with Crippen LogP contribution in [-0.4, -0.2) is 66.5 Å². The quantitative estimate of drug-likeness (QED) is 0.779. The summed E-state index contributed by atoms with van der Waals surface area (Å²) < 4.78 is 5.60. The first kappa shape index (κ1) is 17.9. The van der Waals surface area contributed by atoms with Crippen molar-refractivity contribution < 1.29 is 14.3 Å². The maximum Gasteiger partial charge on any atom is 0.312 e. The van der Waals surface area contributed by atoms with Crippen molar-refractivity contribution in [3.8, 4) is 0 Å². The summed E-state index contributed by atoms with van der Waals surface area (Å²) in [5.74, 6) is -0.0648. The van der Waals surface area contributed by atoms with Crippen molar-refractivity contribution >= 4 is 22.8 Å². The number of rotatable bonds is 3. The second-order valence-corrected chi connectivity index (χ2v) is 7.98. The third kappa shape index (κ3) is 3.41. The fourth-order valence-electron chi connectivity index (χ4n) is 4.28. The zero-order valence-electron chi connectivity index (χ0n) is 15.9. The number of carbonyl (C=O) groups is 2. The molecule has 6 nitrogen and oxygen atoms in total. The molecule has 27 heavy (non-hydrogen) atoms. The molecule has 0 bridgehead atoms. The zero-order chi connectivity index (χ0) is 19.0. The molecule has 2 saturated heterocycles. The predicted molar refractivity (Wildman–Crippen MR) is 102 cm³/mol. The number of piperidine rings is 1. The number of nitrogens with zero attached hydrogens (tertiary/aromatic N) is 3. The van der Waals surface area contributed by atoms with Crippen LogP contribution in [0.25, 0.3) is 10.9 Å². The minimum atomic E-state index is -0.412. The Labute approximate surface area is 159 Å². The molecule has 0 radical (unpaired) electrons. The molecule has 142 valence electrons. The van der Waals surface area contributed by atoms with Crippen LogP contribution in [0.1, 0.15) is 29.6 Å². The lowest BCUT2D eigenvalue weighted by Gasteiger charge is -2.36. The van der Waals surface area contributed by atoms with Crippen molar-refractivity contribution in [1.29, 1.82) is 0 Å². The Morgan fingerprint density at radius 2 is 2.07 bits per heavy atom. The van der Waals surface area contributed by atoms with Gasteiger partial charge in [0.1, 0.15) is 6.10 Å². The molecular weight excluding hydrogens is 342 g/mol. The Bertz CT molecular complexity index is 872. The molecule has 1 unspecified atom stereocenters. The number of aromatic nitrogens is 1. The summed E-state index contributed by atoms with van der Waals surface area (Å²) in [7, 11) is 3.97. The fourth-order valence-corrected chi connectivity index (χ4v) is 4.28. The highest BCUT2D eigenvalue weighted by Crippen LogP contribution is 2.43. The second kappa shape index (κ2) is 6.93. The van der Waals surface area contributed by atoms with Crippen LogP contribution in [0.2, 0.25) is 0 Å². The first-order valence-electron chi connectivity index (χ1n) is 9.47. The van der Waals surface area contributed by atoms with Crippen LogP contribution in [0.3, 0.4) is 0 Å². The number of cyclic esters (lactones) is 1. The average molecular weight is 367 g/mol. The molecule has 0 saturated carbocycles. The van der Waals surface area contributed by atoms with Gasteiger partial charge in [-0.1, -0.05) is 6.07 Å². The van der Waals surface area contributed by atoms with Crippen LogP contribution in [-0.2, 0) is 9.53 Å². The second-order valence-electron chi connectivity index (χ2n) is 7.98. The number of pyridine rings is 1. The molecule has 0 N–H and O–H groups in total. The minimum Gasteiger partial charge on any atom is -0.461 e. The van der Waals surface area contributed by atoms with Crippen LogP contribution in [0.5, 0.6) is 0 Å². The molecular formula is C21H25N3O3. The Balaban J connectivity index is 1.44. The van der Waals surface area contributed by atoms with E-state index < -0.39 is 5.41 Å². The van der Waals surface area contributed by atoms with Gasteiger partial charge in [-0.3, -0.25) is 14.6 Å². The lowest BCUT2D eigenvalue weighted by molar-refractivity contribution is -0.150. The third-order valence-electron chi connectivity index (χ3n) is 5.75. The summed E-state index contributed by atoms with van der Waals surface area (Å²) in [4.78, 5) is 33.6. The standard InChI is InChI=1S/C21H25N3O3/c1-23(2)14-17-13-21(20(26)27-17)7-10-24(11-8-21)19(25)16-5-6-18-15(12-16)4-3-9-22-18/h3-6,9,12,17H,7-8,10-11,13-14H2,1-2H3. The topological polar surface area (TPSA) is 62.7 Å². The smallest absolute Gasteiger partial charge is 0.312 e. The van der Waals surface area contributed by atoms with E-state index in [2.05, 4.69) is 4.98 Å². The Hall–Kier alpha value is -2.47. The summed E-state index contributed by atoms with van der Waals surface area (Å²) in [6.07, 6.45) is 3.82. The monoisotopic (exact) mass is 367 g/mol. The third-order valence-corrected chi connectivity index (χ3v) is 5.75. The van der Waals surface area contributed by atoms with Gasteiger partial charge in [0.25, 0.3) is 5.91 Å². The summed E-state index contributed by atoms with van der Waals surface area (Å²) in [6.45, 7) is 1.93. The molecule has 2 fully saturated rings. The van der Waals surface area contributed by atoms with E-state index in [9.17, 15) is 9.59 Å². The van der Waals surface area contributed by atoms with Gasteiger partial charge >= 0.3 is 5.97 Å². The van der Waals surface area contributed by atoms with Gasteiger partial charge in [0.15, 0.2) is 0 Å². The Morgan fingerprint density at radius 3 is 2.81 bits per heavy atom. The van der Waals surface area contributed by atoms with Crippen LogP contribution >= 0.6 is 0 Å². The van der Waals surface area contributed by atoms with E-state index in [0.717, 1.165) is 23.9 Å². The van der Waals surface area contributed by atoms with E-state index in [4.69, 9.17) is 4.74 Å². The van der Waals surface area contributed by atoms with Gasteiger partial charge in [0.05, 0.1) is 10.9 Å². The first-order chi connectivity index (χ1) is 13.0. The molecule has 6 heteroatoms. The molecule has 1 atom stereocenters. The summed E-state index contributed by atoms with van der Waals surface area (Å²) in [6, 6.07) is 9.44. The van der Waals surface area contributed by atoms with Crippen LogP contribution in [0.15, 0.2) is 36.5 Å². The Morgan fingerprint density at radius 1 is 1.30 bits per heavy atom. The average Bonchev–Trinajstić information content (AvgIpc) is 2.95. The van der Waals surface area contributed by atoms with Gasteiger partial charge in [0.2, 0.25) is 0 Å². The maximum atomic E-state index is 12.9. The number of carbonyl (C=O) groups excluding carboxylic acids is 2. The van der Waals surface area contributed by atoms with Crippen molar-refractivity contribution in [1.82, 2.24) is 14.8 Å². The summed E-state index contributed by atoms with van der Waals surface area (Å²) >= 11 is 0. The van der Waals surface area contributed by atoms with Gasteiger partial charge in [0, 0.05) is 43.2 Å². The number of ether oxygens (including phenoxy) is 1. The SMILES string of the molecule is CN(C)CC1CC2(CCN(C(=O)c3ccc4ncccc4c3)CC2)C(=O)O1. The molecule has 1 aromatic heterocycles. The molecule has 1 aromatic carbocycles. The van der Waals surface area contributed by atoms with Crippen molar-refractivity contribution in [3.63, 3.8) is 0 Å². The molecule has 0 aliphatic carbocycles. The molecule has 2 aromatic rings. The lowest BCUT2D eigenvalue weighted by Crippen LogP contribution is -2.45. The molecule has 3 heterocycles. The van der Waals surface area contributed by atoms with Crippen molar-refractivity contribution in [2.45, 2.75) is 25.4 Å². The molecule has 2 aliphatic rings. The predicted octanol–water partition coefficient (Wildman–Crippen LogP) is 2.33. The fraction of sp³-hybridized carbons (Fsp3) is 0.476. The summed E-state index contributed by atoms with van der Waals surface area (Å²) in [5, 5.41) is 0.961. The highest BCUT2D eigenvalue weighted by atomic mass is 16.6. The Kier molecular flexibility index (Phi) is 4.60. The van der Waals surface area contributed by atoms with E-state index in [1.54, 1.807) is 6.20 Å². The van der Waals surface area contributed by atoms with Crippen molar-refractivity contribution in [2.75, 3.05) is 33.7 Å². The molecule has 1 amide bonds. The number of amides is 1. The number of benzene rings is 1. The van der Waals surface area contributed by atoms with E-state index in [-0.39, 0.29) is 18.0 Å². The number of likely N-dealkylation sites (tertiary alicyclic amines) is 1. The molecule has 4 rings (SSSR count). The largest absolute Gasteiger partial charge is 0.461 e. The van der Waals surface area contributed by atoms with E-state index in [1.165, 1.54) is 0 Å². The van der Waals surface area contributed by atoms with Crippen molar-refractivity contribution in [3.05, 3.63) is 42.1 Å². The van der Waals surface area contributed by atoms with E-state index in [1.807, 2.05) is 54.2 Å².